The third-order valence-corrected chi connectivity index (χ3v) is 5.76. The van der Waals surface area contributed by atoms with Gasteiger partial charge in [0.15, 0.2) is 0 Å². The highest BCUT2D eigenvalue weighted by Gasteiger charge is 2.27. The Kier molecular flexibility index (Phi) is 7.94. The molecule has 0 heterocycles. The Morgan fingerprint density at radius 3 is 2.32 bits per heavy atom. The van der Waals surface area contributed by atoms with Crippen LogP contribution in [0.2, 0.25) is 0 Å². The fourth-order valence-electron chi connectivity index (χ4n) is 3.10. The van der Waals surface area contributed by atoms with Crippen LogP contribution in [0.4, 0.5) is 0 Å². The molecule has 0 fully saturated rings. The quantitative estimate of drug-likeness (QED) is 0.488. The molecule has 0 saturated carbocycles. The van der Waals surface area contributed by atoms with Crippen molar-refractivity contribution in [3.8, 4) is 0 Å². The first kappa shape index (κ1) is 22.3. The number of hydrogen-bond acceptors (Lipinski definition) is 2. The van der Waals surface area contributed by atoms with Crippen molar-refractivity contribution in [1.82, 2.24) is 4.90 Å². The summed E-state index contributed by atoms with van der Waals surface area (Å²) in [5.74, 6) is 0.174. The third kappa shape index (κ3) is 6.56. The van der Waals surface area contributed by atoms with Crippen LogP contribution in [0, 0.1) is 6.92 Å². The third-order valence-electron chi connectivity index (χ3n) is 4.63. The van der Waals surface area contributed by atoms with E-state index < -0.39 is 0 Å². The highest BCUT2D eigenvalue weighted by Crippen LogP contribution is 2.31. The van der Waals surface area contributed by atoms with Crippen LogP contribution in [-0.4, -0.2) is 22.9 Å². The van der Waals surface area contributed by atoms with Crippen molar-refractivity contribution in [3.05, 3.63) is 71.3 Å². The van der Waals surface area contributed by atoms with Gasteiger partial charge >= 0.3 is 0 Å². The van der Waals surface area contributed by atoms with Crippen LogP contribution in [0.5, 0.6) is 0 Å². The molecule has 0 aliphatic heterocycles. The molecule has 1 amide bonds. The van der Waals surface area contributed by atoms with Gasteiger partial charge in [0, 0.05) is 21.9 Å². The molecule has 0 bridgehead atoms. The Morgan fingerprint density at radius 2 is 1.71 bits per heavy atom. The summed E-state index contributed by atoms with van der Waals surface area (Å²) in [6.45, 7) is 13.3. The number of carbonyl (C=O) groups is 1. The average molecular weight is 396 g/mol. The van der Waals surface area contributed by atoms with E-state index in [2.05, 4.69) is 84.0 Å². The molecule has 0 unspecified atom stereocenters. The Labute approximate surface area is 175 Å². The van der Waals surface area contributed by atoms with Gasteiger partial charge in [0.25, 0.3) is 0 Å². The van der Waals surface area contributed by atoms with Crippen molar-refractivity contribution < 1.29 is 4.79 Å². The van der Waals surface area contributed by atoms with Crippen LogP contribution < -0.4 is 0 Å². The van der Waals surface area contributed by atoms with E-state index in [-0.39, 0.29) is 11.4 Å². The molecule has 0 aliphatic carbocycles. The number of allylic oxidation sites excluding steroid dienone is 1. The molecule has 150 valence electrons. The monoisotopic (exact) mass is 395 g/mol. The summed E-state index contributed by atoms with van der Waals surface area (Å²) in [5.41, 5.74) is 3.38. The normalized spacial score (nSPS) is 12.1. The van der Waals surface area contributed by atoms with E-state index in [9.17, 15) is 4.79 Å². The lowest BCUT2D eigenvalue weighted by Crippen LogP contribution is -2.47. The number of nitrogens with zero attached hydrogens (tertiary/aromatic N) is 1. The number of aryl methyl sites for hydroxylation is 1. The molecule has 2 rings (SSSR count). The minimum atomic E-state index is -0.209. The molecule has 0 atom stereocenters. The molecule has 0 saturated heterocycles. The zero-order chi connectivity index (χ0) is 20.7. The number of hydrogen-bond donors (Lipinski definition) is 0. The van der Waals surface area contributed by atoms with E-state index in [0.717, 1.165) is 16.9 Å². The fourth-order valence-corrected chi connectivity index (χ4v) is 4.05. The van der Waals surface area contributed by atoms with E-state index in [0.29, 0.717) is 13.0 Å². The summed E-state index contributed by atoms with van der Waals surface area (Å²) in [6.07, 6.45) is 3.62. The maximum Gasteiger partial charge on any atom is 0.227 e. The van der Waals surface area contributed by atoms with Crippen molar-refractivity contribution >= 4 is 17.7 Å². The average Bonchev–Trinajstić information content (AvgIpc) is 2.62. The van der Waals surface area contributed by atoms with Crippen molar-refractivity contribution in [2.75, 3.05) is 6.54 Å². The lowest BCUT2D eigenvalue weighted by molar-refractivity contribution is -0.134. The molecule has 2 nitrogen and oxygen atoms in total. The van der Waals surface area contributed by atoms with Crippen LogP contribution in [0.25, 0.3) is 0 Å². The minimum absolute atomic E-state index is 0.174. The number of carbonyl (C=O) groups excluding carboxylic acids is 1. The van der Waals surface area contributed by atoms with E-state index >= 15 is 0 Å². The molecule has 2 aromatic carbocycles. The topological polar surface area (TPSA) is 20.3 Å². The van der Waals surface area contributed by atoms with Crippen LogP contribution in [-0.2, 0) is 11.2 Å². The summed E-state index contributed by atoms with van der Waals surface area (Å²) in [5, 5.41) is 0. The van der Waals surface area contributed by atoms with E-state index in [1.165, 1.54) is 16.0 Å². The van der Waals surface area contributed by atoms with Gasteiger partial charge in [-0.25, -0.2) is 0 Å². The molecular weight excluding hydrogens is 362 g/mol. The second kappa shape index (κ2) is 9.97. The lowest BCUT2D eigenvalue weighted by atomic mass is 10.0. The molecule has 0 spiro atoms. The Morgan fingerprint density at radius 1 is 1.07 bits per heavy atom. The van der Waals surface area contributed by atoms with Crippen LogP contribution >= 0.6 is 11.8 Å². The molecular formula is C25H33NOS. The highest BCUT2D eigenvalue weighted by atomic mass is 32.2. The number of benzene rings is 2. The smallest absolute Gasteiger partial charge is 0.227 e. The van der Waals surface area contributed by atoms with Gasteiger partial charge in [-0.3, -0.25) is 4.79 Å². The van der Waals surface area contributed by atoms with Crippen LogP contribution in [0.1, 0.15) is 52.2 Å². The van der Waals surface area contributed by atoms with Crippen LogP contribution in [0.15, 0.2) is 70.0 Å². The first-order valence-electron chi connectivity index (χ1n) is 9.99. The predicted octanol–water partition coefficient (Wildman–Crippen LogP) is 6.67. The van der Waals surface area contributed by atoms with Crippen molar-refractivity contribution in [1.29, 1.82) is 0 Å². The highest BCUT2D eigenvalue weighted by molar-refractivity contribution is 7.99. The second-order valence-electron chi connectivity index (χ2n) is 8.31. The first-order chi connectivity index (χ1) is 13.2. The van der Waals surface area contributed by atoms with Crippen molar-refractivity contribution in [2.45, 2.75) is 69.7 Å². The minimum Gasteiger partial charge on any atom is -0.334 e. The summed E-state index contributed by atoms with van der Waals surface area (Å²) >= 11 is 1.72. The molecule has 0 radical (unpaired) electrons. The maximum absolute atomic E-state index is 13.2. The maximum atomic E-state index is 13.2. The van der Waals surface area contributed by atoms with Gasteiger partial charge in [-0.15, -0.1) is 0 Å². The second-order valence-corrected chi connectivity index (χ2v) is 9.42. The largest absolute Gasteiger partial charge is 0.334 e. The van der Waals surface area contributed by atoms with Crippen molar-refractivity contribution in [2.24, 2.45) is 0 Å². The SMILES string of the molecule is CC/C=C(\C)CN(C(=O)Cc1ccccc1Sc1ccc(C)cc1)C(C)(C)C. The van der Waals surface area contributed by atoms with E-state index in [4.69, 9.17) is 0 Å². The van der Waals surface area contributed by atoms with E-state index in [1.807, 2.05) is 17.0 Å². The molecule has 2 aromatic rings. The Bertz CT molecular complexity index is 815. The summed E-state index contributed by atoms with van der Waals surface area (Å²) in [6, 6.07) is 16.8. The van der Waals surface area contributed by atoms with Crippen molar-refractivity contribution in [3.63, 3.8) is 0 Å². The van der Waals surface area contributed by atoms with Gasteiger partial charge in [0.05, 0.1) is 6.42 Å². The summed E-state index contributed by atoms with van der Waals surface area (Å²) < 4.78 is 0. The van der Waals surface area contributed by atoms with E-state index in [1.54, 1.807) is 11.8 Å². The zero-order valence-electron chi connectivity index (χ0n) is 18.1. The summed E-state index contributed by atoms with van der Waals surface area (Å²) in [7, 11) is 0. The molecule has 0 aliphatic rings. The molecule has 0 aromatic heterocycles. The fraction of sp³-hybridized carbons (Fsp3) is 0.400. The van der Waals surface area contributed by atoms with Gasteiger partial charge < -0.3 is 4.90 Å². The zero-order valence-corrected chi connectivity index (χ0v) is 18.9. The molecule has 0 N–H and O–H groups in total. The first-order valence-corrected chi connectivity index (χ1v) is 10.8. The lowest BCUT2D eigenvalue weighted by Gasteiger charge is -2.36. The van der Waals surface area contributed by atoms with Gasteiger partial charge in [0.2, 0.25) is 5.91 Å². The number of amides is 1. The number of rotatable bonds is 7. The van der Waals surface area contributed by atoms with Gasteiger partial charge in [-0.1, -0.05) is 66.2 Å². The van der Waals surface area contributed by atoms with Crippen LogP contribution in [0.3, 0.4) is 0 Å². The predicted molar refractivity (Wildman–Crippen MR) is 121 cm³/mol. The molecule has 28 heavy (non-hydrogen) atoms. The Balaban J connectivity index is 2.21. The van der Waals surface area contributed by atoms with Gasteiger partial charge in [0.1, 0.15) is 0 Å². The molecule has 3 heteroatoms. The summed E-state index contributed by atoms with van der Waals surface area (Å²) in [4.78, 5) is 17.6. The van der Waals surface area contributed by atoms with Gasteiger partial charge in [-0.05, 0) is 64.8 Å². The van der Waals surface area contributed by atoms with Gasteiger partial charge in [-0.2, -0.15) is 0 Å². The standard InChI is InChI=1S/C25H33NOS/c1-7-10-20(3)18-26(25(4,5)6)24(27)17-21-11-8-9-12-23(21)28-22-15-13-19(2)14-16-22/h8-16H,7,17-18H2,1-6H3/b20-10+. The Hall–Kier alpha value is -2.00.